The normalized spacial score (nSPS) is 18.1. The Morgan fingerprint density at radius 1 is 1.16 bits per heavy atom. The highest BCUT2D eigenvalue weighted by Gasteiger charge is 2.47. The summed E-state index contributed by atoms with van der Waals surface area (Å²) in [5.41, 5.74) is -0.291. The number of nitrogens with zero attached hydrogens (tertiary/aromatic N) is 2. The van der Waals surface area contributed by atoms with Gasteiger partial charge < -0.3 is 5.32 Å². The number of carbonyl (C=O) groups excluding carboxylic acids is 1. The minimum absolute atomic E-state index is 0.126. The number of hydrogen-bond donors (Lipinski definition) is 1. The van der Waals surface area contributed by atoms with Gasteiger partial charge >= 0.3 is 17.7 Å². The lowest BCUT2D eigenvalue weighted by Gasteiger charge is -2.27. The first kappa shape index (κ1) is 31.3. The Kier molecular flexibility index (Phi) is 11.2. The number of hydrogen-bond acceptors (Lipinski definition) is 4. The Balaban J connectivity index is 0.00000153. The number of carbonyl (C=O) groups is 1. The quantitative estimate of drug-likeness (QED) is 0.386. The topological polar surface area (TPSA) is 81.1 Å². The maximum atomic E-state index is 13.3. The molecular weight excluding hydrogens is 550 g/mol. The van der Waals surface area contributed by atoms with Crippen molar-refractivity contribution in [1.82, 2.24) is 15.1 Å². The summed E-state index contributed by atoms with van der Waals surface area (Å²) >= 11 is 12.3. The van der Waals surface area contributed by atoms with E-state index in [1.54, 1.807) is 16.8 Å². The van der Waals surface area contributed by atoms with Gasteiger partial charge in [-0.3, -0.25) is 9.48 Å². The molecule has 1 fully saturated rings. The van der Waals surface area contributed by atoms with Gasteiger partial charge in [0.25, 0.3) is 5.91 Å². The van der Waals surface area contributed by atoms with Crippen molar-refractivity contribution in [2.75, 3.05) is 6.54 Å². The largest absolute Gasteiger partial charge is 0.394 e. The van der Waals surface area contributed by atoms with Gasteiger partial charge in [-0.05, 0) is 49.7 Å². The number of nitrogens with one attached hydrogen (secondary N) is 1. The lowest BCUT2D eigenvalue weighted by Crippen LogP contribution is -2.34. The average Bonchev–Trinajstić information content (AvgIpc) is 3.14. The van der Waals surface area contributed by atoms with Gasteiger partial charge in [0.15, 0.2) is 5.69 Å². The fraction of sp³-hybridized carbons (Fsp3) is 0.600. The van der Waals surface area contributed by atoms with E-state index in [-0.39, 0.29) is 28.1 Å². The summed E-state index contributed by atoms with van der Waals surface area (Å²) in [5.74, 6) is 0.853. The van der Waals surface area contributed by atoms with Crippen LogP contribution >= 0.6 is 23.2 Å². The Morgan fingerprint density at radius 3 is 2.27 bits per heavy atom. The minimum Gasteiger partial charge on any atom is -0.350 e. The molecule has 1 saturated carbocycles. The number of benzene rings is 1. The van der Waals surface area contributed by atoms with Crippen LogP contribution in [0.25, 0.3) is 11.3 Å². The van der Waals surface area contributed by atoms with E-state index in [0.717, 1.165) is 32.6 Å². The molecule has 0 radical (unpaired) electrons. The van der Waals surface area contributed by atoms with E-state index in [4.69, 9.17) is 31.6 Å². The van der Waals surface area contributed by atoms with Crippen molar-refractivity contribution >= 4 is 40.7 Å². The van der Waals surface area contributed by atoms with E-state index in [1.807, 2.05) is 6.92 Å². The molecule has 0 aliphatic heterocycles. The van der Waals surface area contributed by atoms with Crippen LogP contribution in [-0.2, 0) is 24.5 Å². The van der Waals surface area contributed by atoms with Crippen LogP contribution < -0.4 is 5.32 Å². The zero-order chi connectivity index (χ0) is 28.0. The fourth-order valence-corrected chi connectivity index (χ4v) is 5.01. The molecular formula is C25H32Cl2F3N3O3S. The van der Waals surface area contributed by atoms with E-state index < -0.39 is 23.2 Å². The third kappa shape index (κ3) is 8.04. The second-order valence-electron chi connectivity index (χ2n) is 10.1. The van der Waals surface area contributed by atoms with Crippen molar-refractivity contribution in [2.24, 2.45) is 17.3 Å². The molecule has 12 heteroatoms. The average molecular weight is 583 g/mol. The van der Waals surface area contributed by atoms with Crippen LogP contribution in [0.3, 0.4) is 0 Å². The number of aryl methyl sites for hydroxylation is 1. The predicted molar refractivity (Wildman–Crippen MR) is 139 cm³/mol. The van der Waals surface area contributed by atoms with Crippen molar-refractivity contribution < 1.29 is 26.4 Å². The smallest absolute Gasteiger partial charge is 0.350 e. The maximum absolute atomic E-state index is 13.3. The van der Waals surface area contributed by atoms with E-state index in [0.29, 0.717) is 35.8 Å². The number of halogens is 5. The fourth-order valence-electron chi connectivity index (χ4n) is 4.40. The lowest BCUT2D eigenvalue weighted by atomic mass is 9.83. The Bertz CT molecular complexity index is 1120. The van der Waals surface area contributed by atoms with E-state index in [2.05, 4.69) is 17.3 Å². The number of rotatable bonds is 7. The molecule has 1 aliphatic rings. The molecule has 1 aromatic carbocycles. The van der Waals surface area contributed by atoms with Crippen molar-refractivity contribution in [2.45, 2.75) is 72.5 Å². The van der Waals surface area contributed by atoms with Gasteiger partial charge in [-0.25, -0.2) is 0 Å². The van der Waals surface area contributed by atoms with Crippen LogP contribution in [0.5, 0.6) is 0 Å². The Morgan fingerprint density at radius 2 is 1.76 bits per heavy atom. The summed E-state index contributed by atoms with van der Waals surface area (Å²) in [6.07, 6.45) is -0.00570. The summed E-state index contributed by atoms with van der Waals surface area (Å²) in [5, 5.41) is 7.81. The van der Waals surface area contributed by atoms with Gasteiger partial charge in [-0.15, -0.1) is 0 Å². The minimum atomic E-state index is -4.33. The molecule has 1 aliphatic carbocycles. The molecule has 0 unspecified atom stereocenters. The molecule has 1 aromatic heterocycles. The third-order valence-electron chi connectivity index (χ3n) is 6.80. The highest BCUT2D eigenvalue weighted by molar-refractivity contribution is 7.51. The molecule has 206 valence electrons. The SMILES string of the molecule is CCn1nc(C(=O)NCC2CCC(C)CC2)c(Cl)c1-c1ccc(CC(C)(C)C(F)(F)F)cc1Cl.O=S=O. The highest BCUT2D eigenvalue weighted by atomic mass is 35.5. The van der Waals surface area contributed by atoms with Gasteiger partial charge in [0.1, 0.15) is 0 Å². The van der Waals surface area contributed by atoms with Crippen LogP contribution in [0.1, 0.15) is 69.4 Å². The first-order valence-corrected chi connectivity index (χ1v) is 13.5. The number of alkyl halides is 3. The van der Waals surface area contributed by atoms with Crippen LogP contribution in [-0.4, -0.2) is 36.8 Å². The summed E-state index contributed by atoms with van der Waals surface area (Å²) in [7, 11) is 0. The zero-order valence-corrected chi connectivity index (χ0v) is 23.6. The van der Waals surface area contributed by atoms with Crippen LogP contribution in [0, 0.1) is 17.3 Å². The third-order valence-corrected chi connectivity index (χ3v) is 7.47. The predicted octanol–water partition coefficient (Wildman–Crippen LogP) is 6.89. The summed E-state index contributed by atoms with van der Waals surface area (Å²) < 4.78 is 58.1. The second-order valence-corrected chi connectivity index (χ2v) is 11.0. The molecule has 0 saturated heterocycles. The summed E-state index contributed by atoms with van der Waals surface area (Å²) in [4.78, 5) is 12.9. The van der Waals surface area contributed by atoms with Crippen LogP contribution in [0.15, 0.2) is 18.2 Å². The Hall–Kier alpha value is -1.91. The first-order chi connectivity index (χ1) is 17.2. The first-order valence-electron chi connectivity index (χ1n) is 12.1. The van der Waals surface area contributed by atoms with Crippen molar-refractivity contribution in [3.05, 3.63) is 39.5 Å². The van der Waals surface area contributed by atoms with Crippen LogP contribution in [0.2, 0.25) is 10.0 Å². The number of aromatic nitrogens is 2. The molecule has 1 heterocycles. The molecule has 1 amide bonds. The van der Waals surface area contributed by atoms with Crippen LogP contribution in [0.4, 0.5) is 13.2 Å². The summed E-state index contributed by atoms with van der Waals surface area (Å²) in [6.45, 7) is 7.48. The molecule has 37 heavy (non-hydrogen) atoms. The monoisotopic (exact) mass is 581 g/mol. The van der Waals surface area contributed by atoms with Gasteiger partial charge in [0.05, 0.1) is 21.2 Å². The Labute approximate surface area is 228 Å². The van der Waals surface area contributed by atoms with Crippen molar-refractivity contribution in [1.29, 1.82) is 0 Å². The number of amides is 1. The molecule has 0 bridgehead atoms. The molecule has 0 spiro atoms. The van der Waals surface area contributed by atoms with Gasteiger partial charge in [0, 0.05) is 18.7 Å². The second kappa shape index (κ2) is 13.2. The molecule has 6 nitrogen and oxygen atoms in total. The van der Waals surface area contributed by atoms with Gasteiger partial charge in [0.2, 0.25) is 0 Å². The lowest BCUT2D eigenvalue weighted by molar-refractivity contribution is -0.211. The molecule has 3 rings (SSSR count). The maximum Gasteiger partial charge on any atom is 0.394 e. The summed E-state index contributed by atoms with van der Waals surface area (Å²) in [6, 6.07) is 4.78. The zero-order valence-electron chi connectivity index (χ0n) is 21.3. The molecule has 0 atom stereocenters. The van der Waals surface area contributed by atoms with E-state index >= 15 is 0 Å². The molecule has 2 aromatic rings. The van der Waals surface area contributed by atoms with E-state index in [9.17, 15) is 18.0 Å². The highest BCUT2D eigenvalue weighted by Crippen LogP contribution is 2.42. The molecule has 1 N–H and O–H groups in total. The van der Waals surface area contributed by atoms with Crippen molar-refractivity contribution in [3.8, 4) is 11.3 Å². The van der Waals surface area contributed by atoms with Gasteiger partial charge in [-0.1, -0.05) is 68.9 Å². The van der Waals surface area contributed by atoms with Gasteiger partial charge in [-0.2, -0.15) is 26.7 Å². The van der Waals surface area contributed by atoms with Crippen molar-refractivity contribution in [3.63, 3.8) is 0 Å². The standard InChI is InChI=1S/C25H32Cl2F3N3O.O2S/c1-5-33-22(18-11-10-17(12-19(18)26)13-24(3,4)25(28,29)30)20(27)21(32-33)23(34)31-14-16-8-6-15(2)7-9-16;1-3-2/h10-12,15-16H,5-9,13-14H2,1-4H3,(H,31,34);. The van der Waals surface area contributed by atoms with E-state index in [1.165, 1.54) is 18.9 Å².